The van der Waals surface area contributed by atoms with Crippen molar-refractivity contribution in [3.8, 4) is 0 Å². The molecule has 10 nitrogen and oxygen atoms in total. The van der Waals surface area contributed by atoms with Crippen LogP contribution < -0.4 is 10.6 Å². The third-order valence-corrected chi connectivity index (χ3v) is 3.75. The lowest BCUT2D eigenvalue weighted by Gasteiger charge is -2.15. The number of ether oxygens (including phenoxy) is 2. The molecule has 0 aromatic heterocycles. The molecule has 0 fully saturated rings. The standard InChI is InChI=1S/C17H23N3O7/c1-26-15(21)11-19-14(17(23)27-2)5-3-4-10-18-16(22)12-6-8-13(9-7-12)20(24)25/h6-9,14,19H,3-5,10-11H2,1-2H3,(H,18,22). The van der Waals surface area contributed by atoms with Crippen molar-refractivity contribution in [3.05, 3.63) is 39.9 Å². The molecule has 0 spiro atoms. The molecule has 0 heterocycles. The fourth-order valence-electron chi connectivity index (χ4n) is 2.24. The third kappa shape index (κ3) is 7.82. The molecule has 0 saturated heterocycles. The molecule has 0 aliphatic carbocycles. The summed E-state index contributed by atoms with van der Waals surface area (Å²) < 4.78 is 9.19. The summed E-state index contributed by atoms with van der Waals surface area (Å²) in [5, 5.41) is 16.1. The Balaban J connectivity index is 2.35. The summed E-state index contributed by atoms with van der Waals surface area (Å²) in [6.07, 6.45) is 1.64. The molecule has 27 heavy (non-hydrogen) atoms. The Morgan fingerprint density at radius 3 is 2.33 bits per heavy atom. The fraction of sp³-hybridized carbons (Fsp3) is 0.471. The summed E-state index contributed by atoms with van der Waals surface area (Å²) in [7, 11) is 2.52. The Kier molecular flexibility index (Phi) is 9.45. The Bertz CT molecular complexity index is 661. The second kappa shape index (κ2) is 11.6. The van der Waals surface area contributed by atoms with E-state index in [-0.39, 0.29) is 18.1 Å². The third-order valence-electron chi connectivity index (χ3n) is 3.75. The highest BCUT2D eigenvalue weighted by Crippen LogP contribution is 2.11. The van der Waals surface area contributed by atoms with E-state index in [2.05, 4.69) is 20.1 Å². The van der Waals surface area contributed by atoms with E-state index in [9.17, 15) is 24.5 Å². The van der Waals surface area contributed by atoms with Crippen molar-refractivity contribution in [3.63, 3.8) is 0 Å². The molecule has 1 atom stereocenters. The Morgan fingerprint density at radius 2 is 1.78 bits per heavy atom. The molecule has 1 aromatic rings. The van der Waals surface area contributed by atoms with Gasteiger partial charge in [-0.3, -0.25) is 29.8 Å². The van der Waals surface area contributed by atoms with Crippen LogP contribution in [0.2, 0.25) is 0 Å². The number of hydrogen-bond acceptors (Lipinski definition) is 8. The molecule has 1 aromatic carbocycles. The van der Waals surface area contributed by atoms with Gasteiger partial charge in [-0.1, -0.05) is 0 Å². The van der Waals surface area contributed by atoms with Gasteiger partial charge in [-0.2, -0.15) is 0 Å². The maximum absolute atomic E-state index is 12.0. The number of nitro benzene ring substituents is 1. The molecule has 148 valence electrons. The minimum absolute atomic E-state index is 0.0835. The second-order valence-electron chi connectivity index (χ2n) is 5.59. The molecule has 0 radical (unpaired) electrons. The predicted octanol–water partition coefficient (Wildman–Crippen LogP) is 0.799. The summed E-state index contributed by atoms with van der Waals surface area (Å²) in [5.41, 5.74) is 0.243. The van der Waals surface area contributed by atoms with E-state index in [0.717, 1.165) is 0 Å². The molecule has 1 rings (SSSR count). The van der Waals surface area contributed by atoms with Gasteiger partial charge in [0.05, 0.1) is 25.7 Å². The largest absolute Gasteiger partial charge is 0.468 e. The van der Waals surface area contributed by atoms with Crippen LogP contribution in [-0.2, 0) is 19.1 Å². The summed E-state index contributed by atoms with van der Waals surface area (Å²) >= 11 is 0. The van der Waals surface area contributed by atoms with E-state index in [1.54, 1.807) is 0 Å². The monoisotopic (exact) mass is 381 g/mol. The summed E-state index contributed by atoms with van der Waals surface area (Å²) in [4.78, 5) is 44.9. The molecular weight excluding hydrogens is 358 g/mol. The normalized spacial score (nSPS) is 11.3. The van der Waals surface area contributed by atoms with Gasteiger partial charge in [-0.25, -0.2) is 0 Å². The lowest BCUT2D eigenvalue weighted by molar-refractivity contribution is -0.384. The van der Waals surface area contributed by atoms with Crippen molar-refractivity contribution < 1.29 is 28.8 Å². The van der Waals surface area contributed by atoms with E-state index >= 15 is 0 Å². The van der Waals surface area contributed by atoms with Gasteiger partial charge in [0, 0.05) is 24.2 Å². The lowest BCUT2D eigenvalue weighted by atomic mass is 10.1. The summed E-state index contributed by atoms with van der Waals surface area (Å²) in [6.45, 7) is 0.272. The van der Waals surface area contributed by atoms with Crippen LogP contribution >= 0.6 is 0 Å². The summed E-state index contributed by atoms with van der Waals surface area (Å²) in [6, 6.07) is 4.67. The van der Waals surface area contributed by atoms with Gasteiger partial charge in [-0.15, -0.1) is 0 Å². The maximum atomic E-state index is 12.0. The Labute approximate surface area is 156 Å². The van der Waals surface area contributed by atoms with Gasteiger partial charge < -0.3 is 14.8 Å². The number of nitrogens with zero attached hydrogens (tertiary/aromatic N) is 1. The Morgan fingerprint density at radius 1 is 1.11 bits per heavy atom. The molecule has 0 aliphatic rings. The number of carbonyl (C=O) groups excluding carboxylic acids is 3. The number of hydrogen-bond donors (Lipinski definition) is 2. The minimum atomic E-state index is -0.639. The molecule has 10 heteroatoms. The van der Waals surface area contributed by atoms with Crippen LogP contribution in [-0.4, -0.2) is 56.1 Å². The van der Waals surface area contributed by atoms with Gasteiger partial charge in [0.2, 0.25) is 0 Å². The van der Waals surface area contributed by atoms with Crippen LogP contribution in [0, 0.1) is 10.1 Å². The maximum Gasteiger partial charge on any atom is 0.322 e. The highest BCUT2D eigenvalue weighted by molar-refractivity contribution is 5.94. The van der Waals surface area contributed by atoms with Gasteiger partial charge in [0.25, 0.3) is 11.6 Å². The summed E-state index contributed by atoms with van der Waals surface area (Å²) in [5.74, 6) is -1.30. The number of amides is 1. The number of carbonyl (C=O) groups is 3. The molecule has 1 unspecified atom stereocenters. The number of benzene rings is 1. The zero-order valence-electron chi connectivity index (χ0n) is 15.2. The SMILES string of the molecule is COC(=O)CNC(CCCCNC(=O)c1ccc([N+](=O)[O-])cc1)C(=O)OC. The van der Waals surface area contributed by atoms with Crippen LogP contribution in [0.5, 0.6) is 0 Å². The van der Waals surface area contributed by atoms with Crippen LogP contribution in [0.3, 0.4) is 0 Å². The molecule has 0 bridgehead atoms. The van der Waals surface area contributed by atoms with Gasteiger partial charge >= 0.3 is 11.9 Å². The number of nitro groups is 1. The first-order chi connectivity index (χ1) is 12.9. The van der Waals surface area contributed by atoms with E-state index in [1.807, 2.05) is 0 Å². The van der Waals surface area contributed by atoms with E-state index in [1.165, 1.54) is 38.5 Å². The molecule has 0 aliphatic heterocycles. The number of esters is 2. The highest BCUT2D eigenvalue weighted by atomic mass is 16.6. The van der Waals surface area contributed by atoms with Crippen molar-refractivity contribution in [1.82, 2.24) is 10.6 Å². The fourth-order valence-corrected chi connectivity index (χ4v) is 2.24. The molecule has 1 amide bonds. The van der Waals surface area contributed by atoms with Crippen molar-refractivity contribution in [2.75, 3.05) is 27.3 Å². The molecule has 0 saturated carbocycles. The number of nitrogens with one attached hydrogen (secondary N) is 2. The average molecular weight is 381 g/mol. The first-order valence-corrected chi connectivity index (χ1v) is 8.29. The first kappa shape index (κ1) is 22.0. The predicted molar refractivity (Wildman–Crippen MR) is 95.1 cm³/mol. The second-order valence-corrected chi connectivity index (χ2v) is 5.59. The smallest absolute Gasteiger partial charge is 0.322 e. The van der Waals surface area contributed by atoms with Gasteiger partial charge in [0.1, 0.15) is 6.04 Å². The number of unbranched alkanes of at least 4 members (excludes halogenated alkanes) is 1. The van der Waals surface area contributed by atoms with Gasteiger partial charge in [-0.05, 0) is 31.4 Å². The first-order valence-electron chi connectivity index (χ1n) is 8.29. The lowest BCUT2D eigenvalue weighted by Crippen LogP contribution is -2.40. The van der Waals surface area contributed by atoms with Crippen LogP contribution in [0.4, 0.5) is 5.69 Å². The number of methoxy groups -OCH3 is 2. The number of rotatable bonds is 11. The number of non-ortho nitro benzene ring substituents is 1. The van der Waals surface area contributed by atoms with Crippen molar-refractivity contribution in [1.29, 1.82) is 0 Å². The van der Waals surface area contributed by atoms with Crippen LogP contribution in [0.1, 0.15) is 29.6 Å². The zero-order chi connectivity index (χ0) is 20.2. The Hall–Kier alpha value is -3.01. The molecule has 2 N–H and O–H groups in total. The van der Waals surface area contributed by atoms with E-state index in [0.29, 0.717) is 31.4 Å². The topological polar surface area (TPSA) is 137 Å². The molecular formula is C17H23N3O7. The van der Waals surface area contributed by atoms with E-state index in [4.69, 9.17) is 0 Å². The minimum Gasteiger partial charge on any atom is -0.468 e. The average Bonchev–Trinajstić information content (AvgIpc) is 2.68. The van der Waals surface area contributed by atoms with Crippen LogP contribution in [0.15, 0.2) is 24.3 Å². The highest BCUT2D eigenvalue weighted by Gasteiger charge is 2.19. The van der Waals surface area contributed by atoms with Crippen molar-refractivity contribution in [2.24, 2.45) is 0 Å². The van der Waals surface area contributed by atoms with Gasteiger partial charge in [0.15, 0.2) is 0 Å². The quantitative estimate of drug-likeness (QED) is 0.248. The van der Waals surface area contributed by atoms with E-state index < -0.39 is 22.9 Å². The van der Waals surface area contributed by atoms with Crippen molar-refractivity contribution in [2.45, 2.75) is 25.3 Å². The van der Waals surface area contributed by atoms with Crippen LogP contribution in [0.25, 0.3) is 0 Å². The van der Waals surface area contributed by atoms with Crippen molar-refractivity contribution >= 4 is 23.5 Å². The zero-order valence-corrected chi connectivity index (χ0v) is 15.2.